The molecule has 0 aromatic heterocycles. The summed E-state index contributed by atoms with van der Waals surface area (Å²) in [4.78, 5) is 0. The minimum absolute atomic E-state index is 0.0281. The molecule has 1 atom stereocenters. The zero-order valence-electron chi connectivity index (χ0n) is 9.29. The number of halogens is 3. The molecule has 0 fully saturated rings. The molecule has 17 heavy (non-hydrogen) atoms. The van der Waals surface area contributed by atoms with Crippen LogP contribution in [-0.4, -0.2) is 24.4 Å². The van der Waals surface area contributed by atoms with Crippen LogP contribution in [0.4, 0.5) is 8.78 Å². The summed E-state index contributed by atoms with van der Waals surface area (Å²) >= 11 is 5.79. The number of aliphatic hydroxyl groups is 1. The Morgan fingerprint density at radius 3 is 2.71 bits per heavy atom. The molecule has 2 N–H and O–H groups in total. The first-order chi connectivity index (χ1) is 8.02. The van der Waals surface area contributed by atoms with Gasteiger partial charge in [0.1, 0.15) is 5.75 Å². The van der Waals surface area contributed by atoms with E-state index in [-0.39, 0.29) is 23.4 Å². The summed E-state index contributed by atoms with van der Waals surface area (Å²) in [5.74, 6) is -0.0411. The molecule has 3 nitrogen and oxygen atoms in total. The summed E-state index contributed by atoms with van der Waals surface area (Å²) in [7, 11) is 0. The predicted octanol–water partition coefficient (Wildman–Crippen LogP) is 2.41. The molecule has 0 heterocycles. The van der Waals surface area contributed by atoms with Crippen LogP contribution in [0.1, 0.15) is 12.5 Å². The fourth-order valence-corrected chi connectivity index (χ4v) is 1.45. The van der Waals surface area contributed by atoms with Gasteiger partial charge >= 0.3 is 6.61 Å². The number of nitrogens with one attached hydrogen (secondary N) is 1. The first-order valence-electron chi connectivity index (χ1n) is 5.10. The largest absolute Gasteiger partial charge is 0.433 e. The Bertz CT molecular complexity index is 363. The van der Waals surface area contributed by atoms with E-state index in [1.54, 1.807) is 12.1 Å². The number of aliphatic hydroxyl groups excluding tert-OH is 1. The normalized spacial score (nSPS) is 12.8. The number of rotatable bonds is 6. The van der Waals surface area contributed by atoms with Gasteiger partial charge in [-0.1, -0.05) is 17.7 Å². The molecular weight excluding hydrogens is 252 g/mol. The van der Waals surface area contributed by atoms with Crippen molar-refractivity contribution in [1.82, 2.24) is 5.32 Å². The van der Waals surface area contributed by atoms with Crippen LogP contribution in [0.2, 0.25) is 5.02 Å². The van der Waals surface area contributed by atoms with Crippen LogP contribution in [0, 0.1) is 0 Å². The van der Waals surface area contributed by atoms with Gasteiger partial charge in [0.2, 0.25) is 0 Å². The molecule has 1 aromatic carbocycles. The van der Waals surface area contributed by atoms with Gasteiger partial charge in [-0.25, -0.2) is 0 Å². The van der Waals surface area contributed by atoms with Crippen LogP contribution in [0.3, 0.4) is 0 Å². The van der Waals surface area contributed by atoms with Crippen LogP contribution in [0.15, 0.2) is 18.2 Å². The highest BCUT2D eigenvalue weighted by Crippen LogP contribution is 2.26. The van der Waals surface area contributed by atoms with Crippen molar-refractivity contribution in [3.63, 3.8) is 0 Å². The number of alkyl halides is 2. The van der Waals surface area contributed by atoms with E-state index in [9.17, 15) is 8.78 Å². The van der Waals surface area contributed by atoms with Crippen molar-refractivity contribution < 1.29 is 18.6 Å². The standard InChI is InChI=1S/C11H14ClF2NO2/c1-7(6-16)15-5-8-2-3-10(9(12)4-8)17-11(13)14/h2-4,7,11,15-16H,5-6H2,1H3/t7-/m1/s1. The number of hydrogen-bond donors (Lipinski definition) is 2. The monoisotopic (exact) mass is 265 g/mol. The average Bonchev–Trinajstić information content (AvgIpc) is 2.28. The van der Waals surface area contributed by atoms with E-state index in [0.29, 0.717) is 6.54 Å². The molecular formula is C11H14ClF2NO2. The van der Waals surface area contributed by atoms with E-state index >= 15 is 0 Å². The minimum Gasteiger partial charge on any atom is -0.433 e. The van der Waals surface area contributed by atoms with E-state index in [1.165, 1.54) is 6.07 Å². The van der Waals surface area contributed by atoms with Gasteiger partial charge in [0.15, 0.2) is 0 Å². The third kappa shape index (κ3) is 4.85. The lowest BCUT2D eigenvalue weighted by molar-refractivity contribution is -0.0497. The highest BCUT2D eigenvalue weighted by molar-refractivity contribution is 6.32. The van der Waals surface area contributed by atoms with Crippen LogP contribution in [-0.2, 0) is 6.54 Å². The van der Waals surface area contributed by atoms with Crippen molar-refractivity contribution >= 4 is 11.6 Å². The summed E-state index contributed by atoms with van der Waals surface area (Å²) in [5, 5.41) is 12.0. The maximum absolute atomic E-state index is 12.0. The van der Waals surface area contributed by atoms with Crippen LogP contribution in [0.5, 0.6) is 5.75 Å². The third-order valence-corrected chi connectivity index (χ3v) is 2.44. The second-order valence-corrected chi connectivity index (χ2v) is 4.02. The molecule has 0 saturated carbocycles. The Hall–Kier alpha value is -0.910. The van der Waals surface area contributed by atoms with Gasteiger partial charge in [0.05, 0.1) is 11.6 Å². The highest BCUT2D eigenvalue weighted by Gasteiger charge is 2.09. The maximum atomic E-state index is 12.0. The Labute approximate surface area is 103 Å². The Morgan fingerprint density at radius 2 is 2.18 bits per heavy atom. The second-order valence-electron chi connectivity index (χ2n) is 3.61. The zero-order valence-corrected chi connectivity index (χ0v) is 10.0. The lowest BCUT2D eigenvalue weighted by Crippen LogP contribution is -2.28. The summed E-state index contributed by atoms with van der Waals surface area (Å²) in [6.45, 7) is -0.530. The molecule has 0 spiro atoms. The molecule has 96 valence electrons. The SMILES string of the molecule is C[C@H](CO)NCc1ccc(OC(F)F)c(Cl)c1. The minimum atomic E-state index is -2.88. The molecule has 1 aromatic rings. The average molecular weight is 266 g/mol. The van der Waals surface area contributed by atoms with Crippen molar-refractivity contribution in [3.05, 3.63) is 28.8 Å². The molecule has 0 radical (unpaired) electrons. The van der Waals surface area contributed by atoms with Crippen molar-refractivity contribution in [1.29, 1.82) is 0 Å². The molecule has 0 aliphatic heterocycles. The molecule has 0 bridgehead atoms. The van der Waals surface area contributed by atoms with E-state index < -0.39 is 6.61 Å². The lowest BCUT2D eigenvalue weighted by Gasteiger charge is -2.12. The molecule has 6 heteroatoms. The molecule has 0 aliphatic carbocycles. The Balaban J connectivity index is 2.62. The van der Waals surface area contributed by atoms with E-state index in [4.69, 9.17) is 16.7 Å². The first kappa shape index (κ1) is 14.2. The fourth-order valence-electron chi connectivity index (χ4n) is 1.20. The highest BCUT2D eigenvalue weighted by atomic mass is 35.5. The quantitative estimate of drug-likeness (QED) is 0.830. The summed E-state index contributed by atoms with van der Waals surface area (Å²) in [6, 6.07) is 4.55. The first-order valence-corrected chi connectivity index (χ1v) is 5.48. The number of hydrogen-bond acceptors (Lipinski definition) is 3. The van der Waals surface area contributed by atoms with Crippen LogP contribution < -0.4 is 10.1 Å². The van der Waals surface area contributed by atoms with Gasteiger partial charge < -0.3 is 15.2 Å². The molecule has 0 amide bonds. The molecule has 0 unspecified atom stereocenters. The molecule has 0 saturated heterocycles. The van der Waals surface area contributed by atoms with Gasteiger partial charge in [-0.05, 0) is 24.6 Å². The summed E-state index contributed by atoms with van der Waals surface area (Å²) < 4.78 is 28.2. The zero-order chi connectivity index (χ0) is 12.8. The lowest BCUT2D eigenvalue weighted by atomic mass is 10.2. The topological polar surface area (TPSA) is 41.5 Å². The van der Waals surface area contributed by atoms with E-state index in [0.717, 1.165) is 5.56 Å². The Morgan fingerprint density at radius 1 is 1.47 bits per heavy atom. The van der Waals surface area contributed by atoms with Crippen molar-refractivity contribution in [2.75, 3.05) is 6.61 Å². The summed E-state index contributed by atoms with van der Waals surface area (Å²) in [5.41, 5.74) is 0.830. The van der Waals surface area contributed by atoms with Crippen molar-refractivity contribution in [2.45, 2.75) is 26.1 Å². The fraction of sp³-hybridized carbons (Fsp3) is 0.455. The Kier molecular flexibility index (Phi) is 5.61. The smallest absolute Gasteiger partial charge is 0.387 e. The molecule has 0 aliphatic rings. The van der Waals surface area contributed by atoms with E-state index in [2.05, 4.69) is 10.1 Å². The number of benzene rings is 1. The van der Waals surface area contributed by atoms with Crippen LogP contribution in [0.25, 0.3) is 0 Å². The third-order valence-electron chi connectivity index (χ3n) is 2.14. The van der Waals surface area contributed by atoms with Crippen LogP contribution >= 0.6 is 11.6 Å². The second kappa shape index (κ2) is 6.74. The van der Waals surface area contributed by atoms with Gasteiger partial charge in [0.25, 0.3) is 0 Å². The molecule has 1 rings (SSSR count). The van der Waals surface area contributed by atoms with Gasteiger partial charge in [-0.15, -0.1) is 0 Å². The van der Waals surface area contributed by atoms with E-state index in [1.807, 2.05) is 6.92 Å². The van der Waals surface area contributed by atoms with Crippen molar-refractivity contribution in [2.24, 2.45) is 0 Å². The van der Waals surface area contributed by atoms with Gasteiger partial charge in [0, 0.05) is 12.6 Å². The number of ether oxygens (including phenoxy) is 1. The van der Waals surface area contributed by atoms with Gasteiger partial charge in [-0.3, -0.25) is 0 Å². The van der Waals surface area contributed by atoms with Gasteiger partial charge in [-0.2, -0.15) is 8.78 Å². The maximum Gasteiger partial charge on any atom is 0.387 e. The summed E-state index contributed by atoms with van der Waals surface area (Å²) in [6.07, 6.45) is 0. The van der Waals surface area contributed by atoms with Crippen molar-refractivity contribution in [3.8, 4) is 5.75 Å². The predicted molar refractivity (Wildman–Crippen MR) is 61.5 cm³/mol.